The highest BCUT2D eigenvalue weighted by Crippen LogP contribution is 2.28. The van der Waals surface area contributed by atoms with E-state index in [0.29, 0.717) is 13.1 Å². The van der Waals surface area contributed by atoms with Crippen molar-refractivity contribution in [2.24, 2.45) is 4.99 Å². The van der Waals surface area contributed by atoms with E-state index in [9.17, 15) is 4.79 Å². The Balaban J connectivity index is 2.34. The Labute approximate surface area is 193 Å². The van der Waals surface area contributed by atoms with Gasteiger partial charge in [-0.1, -0.05) is 25.1 Å². The van der Waals surface area contributed by atoms with Crippen LogP contribution >= 0.6 is 0 Å². The largest absolute Gasteiger partial charge is 0.444 e. The highest BCUT2D eigenvalue weighted by atomic mass is 16.6. The molecule has 0 unspecified atom stereocenters. The SMILES string of the molecule is C\C=C(C(/C(C)=N/C=C/CC)=C(/C)N1CCN(C(=O)OC(C)(C)C)CC1)\c1ccccn1. The number of piperazine rings is 1. The van der Waals surface area contributed by atoms with Crippen LogP contribution < -0.4 is 0 Å². The van der Waals surface area contributed by atoms with Crippen LogP contribution in [0.1, 0.15) is 60.6 Å². The van der Waals surface area contributed by atoms with Crippen molar-refractivity contribution >= 4 is 17.4 Å². The molecule has 0 aromatic carbocycles. The number of hydrogen-bond acceptors (Lipinski definition) is 5. The number of carbonyl (C=O) groups is 1. The minimum absolute atomic E-state index is 0.246. The molecule has 1 aromatic heterocycles. The first-order valence-electron chi connectivity index (χ1n) is 11.4. The molecule has 1 fully saturated rings. The molecule has 0 spiro atoms. The zero-order valence-corrected chi connectivity index (χ0v) is 20.7. The van der Waals surface area contributed by atoms with Crippen LogP contribution in [0.4, 0.5) is 4.79 Å². The summed E-state index contributed by atoms with van der Waals surface area (Å²) in [4.78, 5) is 25.8. The molecule has 0 saturated carbocycles. The number of ether oxygens (including phenoxy) is 1. The van der Waals surface area contributed by atoms with Crippen LogP contribution in [-0.2, 0) is 4.74 Å². The molecule has 6 nitrogen and oxygen atoms in total. The van der Waals surface area contributed by atoms with E-state index in [1.807, 2.05) is 71.3 Å². The molecule has 32 heavy (non-hydrogen) atoms. The van der Waals surface area contributed by atoms with E-state index in [1.54, 1.807) is 4.90 Å². The molecule has 2 heterocycles. The third kappa shape index (κ3) is 7.08. The number of amides is 1. The van der Waals surface area contributed by atoms with Crippen molar-refractivity contribution in [1.29, 1.82) is 0 Å². The van der Waals surface area contributed by atoms with Crippen LogP contribution in [-0.4, -0.2) is 58.4 Å². The van der Waals surface area contributed by atoms with Crippen molar-refractivity contribution < 1.29 is 9.53 Å². The second-order valence-corrected chi connectivity index (χ2v) is 8.84. The van der Waals surface area contributed by atoms with Crippen LogP contribution in [0, 0.1) is 0 Å². The Morgan fingerprint density at radius 1 is 1.16 bits per heavy atom. The molecule has 0 aliphatic carbocycles. The maximum absolute atomic E-state index is 12.4. The topological polar surface area (TPSA) is 58.0 Å². The maximum Gasteiger partial charge on any atom is 0.410 e. The second kappa shape index (κ2) is 11.7. The molecule has 6 heteroatoms. The summed E-state index contributed by atoms with van der Waals surface area (Å²) in [7, 11) is 0. The van der Waals surface area contributed by atoms with E-state index in [4.69, 9.17) is 9.73 Å². The van der Waals surface area contributed by atoms with Crippen LogP contribution in [0.2, 0.25) is 0 Å². The monoisotopic (exact) mass is 438 g/mol. The lowest BCUT2D eigenvalue weighted by Gasteiger charge is -2.38. The number of hydrogen-bond donors (Lipinski definition) is 0. The molecule has 174 valence electrons. The van der Waals surface area contributed by atoms with Crippen molar-refractivity contribution in [2.45, 2.75) is 60.5 Å². The second-order valence-electron chi connectivity index (χ2n) is 8.84. The van der Waals surface area contributed by atoms with Gasteiger partial charge in [-0.3, -0.25) is 9.98 Å². The highest BCUT2D eigenvalue weighted by Gasteiger charge is 2.27. The average molecular weight is 439 g/mol. The van der Waals surface area contributed by atoms with Gasteiger partial charge in [-0.05, 0) is 60.1 Å². The van der Waals surface area contributed by atoms with Gasteiger partial charge in [-0.15, -0.1) is 0 Å². The normalized spacial score (nSPS) is 17.0. The zero-order chi connectivity index (χ0) is 23.7. The van der Waals surface area contributed by atoms with Gasteiger partial charge in [0.2, 0.25) is 0 Å². The third-order valence-electron chi connectivity index (χ3n) is 5.24. The Morgan fingerprint density at radius 2 is 1.81 bits per heavy atom. The Morgan fingerprint density at radius 3 is 2.34 bits per heavy atom. The molecule has 1 aliphatic heterocycles. The smallest absolute Gasteiger partial charge is 0.410 e. The lowest BCUT2D eigenvalue weighted by atomic mass is 9.95. The molecule has 1 saturated heterocycles. The van der Waals surface area contributed by atoms with Crippen LogP contribution in [0.15, 0.2) is 59.0 Å². The van der Waals surface area contributed by atoms with Gasteiger partial charge in [0.1, 0.15) is 5.60 Å². The molecular weight excluding hydrogens is 400 g/mol. The molecular formula is C26H38N4O2. The van der Waals surface area contributed by atoms with E-state index < -0.39 is 5.60 Å². The number of aliphatic imine (C=N–C) groups is 1. The molecule has 1 aromatic rings. The first kappa shape index (κ1) is 25.4. The van der Waals surface area contributed by atoms with Crippen LogP contribution in [0.5, 0.6) is 0 Å². The van der Waals surface area contributed by atoms with Gasteiger partial charge >= 0.3 is 6.09 Å². The number of pyridine rings is 1. The summed E-state index contributed by atoms with van der Waals surface area (Å²) < 4.78 is 5.54. The molecule has 2 rings (SSSR count). The summed E-state index contributed by atoms with van der Waals surface area (Å²) in [5.41, 5.74) is 4.66. The Hall–Kier alpha value is -2.89. The summed E-state index contributed by atoms with van der Waals surface area (Å²) >= 11 is 0. The number of allylic oxidation sites excluding steroid dienone is 5. The predicted octanol–water partition coefficient (Wildman–Crippen LogP) is 5.70. The van der Waals surface area contributed by atoms with E-state index in [2.05, 4.69) is 29.8 Å². The van der Waals surface area contributed by atoms with Gasteiger partial charge in [-0.25, -0.2) is 4.79 Å². The maximum atomic E-state index is 12.4. The predicted molar refractivity (Wildman–Crippen MR) is 133 cm³/mol. The third-order valence-corrected chi connectivity index (χ3v) is 5.24. The Kier molecular flexibility index (Phi) is 9.24. The summed E-state index contributed by atoms with van der Waals surface area (Å²) in [6.07, 6.45) is 8.53. The number of nitrogens with zero attached hydrogens (tertiary/aromatic N) is 4. The van der Waals surface area contributed by atoms with Crippen molar-refractivity contribution in [3.8, 4) is 0 Å². The van der Waals surface area contributed by atoms with E-state index >= 15 is 0 Å². The van der Waals surface area contributed by atoms with Crippen molar-refractivity contribution in [3.63, 3.8) is 0 Å². The van der Waals surface area contributed by atoms with E-state index in [-0.39, 0.29) is 6.09 Å². The van der Waals surface area contributed by atoms with Gasteiger partial charge in [0.25, 0.3) is 0 Å². The fraction of sp³-hybridized carbons (Fsp3) is 0.500. The molecule has 0 bridgehead atoms. The molecule has 1 aliphatic rings. The van der Waals surface area contributed by atoms with Gasteiger partial charge in [0.05, 0.1) is 5.69 Å². The number of carbonyl (C=O) groups excluding carboxylic acids is 1. The van der Waals surface area contributed by atoms with Crippen molar-refractivity contribution in [3.05, 3.63) is 59.7 Å². The molecule has 0 atom stereocenters. The average Bonchev–Trinajstić information content (AvgIpc) is 2.76. The summed E-state index contributed by atoms with van der Waals surface area (Å²) in [5.74, 6) is 0. The quantitative estimate of drug-likeness (QED) is 0.422. The van der Waals surface area contributed by atoms with Gasteiger partial charge < -0.3 is 14.5 Å². The summed E-state index contributed by atoms with van der Waals surface area (Å²) in [6.45, 7) is 16.7. The lowest BCUT2D eigenvalue weighted by molar-refractivity contribution is 0.0168. The zero-order valence-electron chi connectivity index (χ0n) is 20.7. The summed E-state index contributed by atoms with van der Waals surface area (Å²) in [6, 6.07) is 5.95. The number of rotatable bonds is 6. The lowest BCUT2D eigenvalue weighted by Crippen LogP contribution is -2.49. The van der Waals surface area contributed by atoms with Crippen molar-refractivity contribution in [2.75, 3.05) is 26.2 Å². The van der Waals surface area contributed by atoms with Gasteiger partial charge in [-0.2, -0.15) is 0 Å². The van der Waals surface area contributed by atoms with Crippen LogP contribution in [0.25, 0.3) is 5.57 Å². The fourth-order valence-corrected chi connectivity index (χ4v) is 3.64. The van der Waals surface area contributed by atoms with Crippen LogP contribution in [0.3, 0.4) is 0 Å². The van der Waals surface area contributed by atoms with Gasteiger partial charge in [0, 0.05) is 61.1 Å². The van der Waals surface area contributed by atoms with Crippen molar-refractivity contribution in [1.82, 2.24) is 14.8 Å². The first-order chi connectivity index (χ1) is 15.2. The first-order valence-corrected chi connectivity index (χ1v) is 11.4. The molecule has 0 N–H and O–H groups in total. The van der Waals surface area contributed by atoms with E-state index in [1.165, 1.54) is 0 Å². The minimum atomic E-state index is -0.486. The van der Waals surface area contributed by atoms with E-state index in [0.717, 1.165) is 47.8 Å². The minimum Gasteiger partial charge on any atom is -0.444 e. The molecule has 0 radical (unpaired) electrons. The highest BCUT2D eigenvalue weighted by molar-refractivity contribution is 6.12. The Bertz CT molecular complexity index is 884. The van der Waals surface area contributed by atoms with Gasteiger partial charge in [0.15, 0.2) is 0 Å². The summed E-state index contributed by atoms with van der Waals surface area (Å²) in [5, 5.41) is 0. The standard InChI is InChI=1S/C26H38N4O2/c1-8-10-14-27-20(3)24(22(9-2)23-13-11-12-15-28-23)21(4)29-16-18-30(19-17-29)25(31)32-26(5,6)7/h9-15H,8,16-19H2,1-7H3/b14-10+,22-9-,24-21-,27-20+. The fourth-order valence-electron chi connectivity index (χ4n) is 3.64. The number of aromatic nitrogens is 1. The molecule has 1 amide bonds.